The minimum atomic E-state index is -1.63. The number of carbonyl (C=O) groups excluding carboxylic acids is 1. The third kappa shape index (κ3) is 6.23. The van der Waals surface area contributed by atoms with Gasteiger partial charge in [-0.15, -0.1) is 0 Å². The zero-order valence-electron chi connectivity index (χ0n) is 21.1. The maximum absolute atomic E-state index is 15.6. The molecule has 0 unspecified atom stereocenters. The van der Waals surface area contributed by atoms with Crippen LogP contribution in [-0.2, 0) is 10.2 Å². The fourth-order valence-electron chi connectivity index (χ4n) is 5.37. The number of nitrogens with one attached hydrogen (secondary N) is 1. The van der Waals surface area contributed by atoms with Crippen LogP contribution in [-0.4, -0.2) is 40.8 Å². The van der Waals surface area contributed by atoms with Crippen molar-refractivity contribution >= 4 is 33.3 Å². The minimum absolute atomic E-state index is 0.0354. The second-order valence-electron chi connectivity index (χ2n) is 10.9. The summed E-state index contributed by atoms with van der Waals surface area (Å²) in [7, 11) is 0. The summed E-state index contributed by atoms with van der Waals surface area (Å²) in [5, 5.41) is 33.1. The number of nitrogens with zero attached hydrogens (tertiary/aromatic N) is 1. The predicted octanol–water partition coefficient (Wildman–Crippen LogP) is 5.80. The lowest BCUT2D eigenvalue weighted by Crippen LogP contribution is -2.44. The number of carbonyl (C=O) groups is 1. The number of nitriles is 1. The highest BCUT2D eigenvalue weighted by Gasteiger charge is 2.60. The zero-order chi connectivity index (χ0) is 27.5. The molecule has 1 heterocycles. The van der Waals surface area contributed by atoms with E-state index in [0.717, 1.165) is 6.07 Å². The molecule has 5 nitrogen and oxygen atoms in total. The second kappa shape index (κ2) is 11.9. The number of ketones is 1. The van der Waals surface area contributed by atoms with E-state index in [2.05, 4.69) is 27.3 Å². The molecule has 0 aliphatic carbocycles. The van der Waals surface area contributed by atoms with Crippen molar-refractivity contribution in [3.63, 3.8) is 0 Å². The number of aliphatic hydroxyl groups is 2. The molecular formula is C28H32BrClF2N2O3. The lowest BCUT2D eigenvalue weighted by Gasteiger charge is -2.37. The molecule has 0 amide bonds. The third-order valence-electron chi connectivity index (χ3n) is 6.97. The first-order chi connectivity index (χ1) is 17.4. The molecule has 5 atom stereocenters. The number of hydrogen-bond donors (Lipinski definition) is 3. The van der Waals surface area contributed by atoms with Gasteiger partial charge < -0.3 is 15.5 Å². The van der Waals surface area contributed by atoms with Crippen molar-refractivity contribution in [3.05, 3.63) is 68.7 Å². The molecule has 1 aliphatic heterocycles. The first kappa shape index (κ1) is 29.7. The van der Waals surface area contributed by atoms with Crippen LogP contribution in [0.4, 0.5) is 8.78 Å². The molecule has 37 heavy (non-hydrogen) atoms. The minimum Gasteiger partial charge on any atom is -0.394 e. The molecule has 0 saturated carbocycles. The molecule has 1 fully saturated rings. The smallest absolute Gasteiger partial charge is 0.150 e. The average Bonchev–Trinajstić information content (AvgIpc) is 3.13. The molecule has 0 radical (unpaired) electrons. The van der Waals surface area contributed by atoms with E-state index in [9.17, 15) is 15.2 Å². The van der Waals surface area contributed by atoms with Crippen molar-refractivity contribution in [3.8, 4) is 6.07 Å². The Hall–Kier alpha value is -1.89. The van der Waals surface area contributed by atoms with E-state index in [4.69, 9.17) is 16.7 Å². The first-order valence-electron chi connectivity index (χ1n) is 12.2. The van der Waals surface area contributed by atoms with Crippen molar-refractivity contribution < 1.29 is 23.8 Å². The van der Waals surface area contributed by atoms with Crippen LogP contribution in [0.1, 0.15) is 63.5 Å². The predicted molar refractivity (Wildman–Crippen MR) is 142 cm³/mol. The van der Waals surface area contributed by atoms with Crippen molar-refractivity contribution in [1.29, 1.82) is 5.26 Å². The summed E-state index contributed by atoms with van der Waals surface area (Å²) in [6, 6.07) is 9.41. The molecule has 0 bridgehead atoms. The van der Waals surface area contributed by atoms with Gasteiger partial charge in [0.1, 0.15) is 22.8 Å². The Balaban J connectivity index is 2.24. The van der Waals surface area contributed by atoms with Crippen LogP contribution in [0.15, 0.2) is 40.9 Å². The lowest BCUT2D eigenvalue weighted by molar-refractivity contribution is -0.121. The molecule has 1 aliphatic rings. The molecule has 3 rings (SSSR count). The standard InChI is InChI=1S/C28H32BrClF2N2O3/c1-27(2,3)13-23-28(15-33,19-11-10-16(30)12-21(19)31)24(18-7-5-8-20(29)25(18)32)26(34-23)22(37)9-4-6-17(36)14-35/h5,7-8,10-12,17,23-24,26,34-36H,4,6,9,13-14H2,1-3H3/t17-,23-,24-,26-,28-/m0/s1. The summed E-state index contributed by atoms with van der Waals surface area (Å²) in [4.78, 5) is 13.6. The average molecular weight is 598 g/mol. The van der Waals surface area contributed by atoms with E-state index in [1.54, 1.807) is 6.07 Å². The summed E-state index contributed by atoms with van der Waals surface area (Å²) in [5.41, 5.74) is -1.76. The van der Waals surface area contributed by atoms with Gasteiger partial charge >= 0.3 is 0 Å². The fraction of sp³-hybridized carbons (Fsp3) is 0.500. The fourth-order valence-corrected chi connectivity index (χ4v) is 5.91. The molecule has 1 saturated heterocycles. The van der Waals surface area contributed by atoms with Crippen molar-refractivity contribution in [2.24, 2.45) is 5.41 Å². The van der Waals surface area contributed by atoms with Crippen LogP contribution >= 0.6 is 27.5 Å². The van der Waals surface area contributed by atoms with E-state index >= 15 is 8.78 Å². The highest BCUT2D eigenvalue weighted by molar-refractivity contribution is 9.10. The van der Waals surface area contributed by atoms with E-state index in [0.29, 0.717) is 12.8 Å². The van der Waals surface area contributed by atoms with Gasteiger partial charge in [-0.1, -0.05) is 50.6 Å². The monoisotopic (exact) mass is 596 g/mol. The Labute approximate surface area is 230 Å². The van der Waals surface area contributed by atoms with Gasteiger partial charge in [-0.05, 0) is 64.4 Å². The topological polar surface area (TPSA) is 93.3 Å². The van der Waals surface area contributed by atoms with Crippen LogP contribution in [0.3, 0.4) is 0 Å². The van der Waals surface area contributed by atoms with Gasteiger partial charge in [-0.25, -0.2) is 8.78 Å². The SMILES string of the molecule is CC(C)(C)C[C@@H]1N[C@@H](C(=O)CCC[C@H](O)CO)[C@H](c2cccc(Br)c2F)[C@@]1(C#N)c1ccc(Cl)cc1F. The number of Topliss-reactive ketones (excluding diaryl/α,β-unsaturated/α-hetero) is 1. The summed E-state index contributed by atoms with van der Waals surface area (Å²) in [5.74, 6) is -2.64. The van der Waals surface area contributed by atoms with Gasteiger partial charge in [-0.3, -0.25) is 4.79 Å². The van der Waals surface area contributed by atoms with Crippen molar-refractivity contribution in [1.82, 2.24) is 5.32 Å². The normalized spacial score (nSPS) is 24.6. The van der Waals surface area contributed by atoms with E-state index in [-0.39, 0.29) is 44.7 Å². The van der Waals surface area contributed by atoms with Gasteiger partial charge in [0.25, 0.3) is 0 Å². The number of rotatable bonds is 9. The Morgan fingerprint density at radius 2 is 2.00 bits per heavy atom. The molecule has 200 valence electrons. The Morgan fingerprint density at radius 3 is 2.59 bits per heavy atom. The number of benzene rings is 2. The van der Waals surface area contributed by atoms with E-state index in [1.165, 1.54) is 24.3 Å². The molecule has 2 aromatic rings. The van der Waals surface area contributed by atoms with Gasteiger partial charge in [-0.2, -0.15) is 5.26 Å². The Morgan fingerprint density at radius 1 is 1.30 bits per heavy atom. The first-order valence-corrected chi connectivity index (χ1v) is 13.4. The maximum atomic E-state index is 15.6. The van der Waals surface area contributed by atoms with Crippen molar-refractivity contribution in [2.75, 3.05) is 6.61 Å². The van der Waals surface area contributed by atoms with Gasteiger partial charge in [0, 0.05) is 29.0 Å². The van der Waals surface area contributed by atoms with Crippen LogP contribution in [0, 0.1) is 28.4 Å². The van der Waals surface area contributed by atoms with Crippen LogP contribution < -0.4 is 5.32 Å². The number of aliphatic hydroxyl groups excluding tert-OH is 2. The molecule has 0 spiro atoms. The third-order valence-corrected chi connectivity index (χ3v) is 7.81. The maximum Gasteiger partial charge on any atom is 0.150 e. The van der Waals surface area contributed by atoms with Gasteiger partial charge in [0.15, 0.2) is 0 Å². The molecule has 2 aromatic carbocycles. The molecular weight excluding hydrogens is 566 g/mol. The van der Waals surface area contributed by atoms with Crippen LogP contribution in [0.2, 0.25) is 5.02 Å². The van der Waals surface area contributed by atoms with Crippen molar-refractivity contribution in [2.45, 2.75) is 76.0 Å². The summed E-state index contributed by atoms with van der Waals surface area (Å²) in [6.45, 7) is 5.53. The largest absolute Gasteiger partial charge is 0.394 e. The molecule has 0 aromatic heterocycles. The number of halogens is 4. The van der Waals surface area contributed by atoms with Crippen LogP contribution in [0.5, 0.6) is 0 Å². The highest BCUT2D eigenvalue weighted by atomic mass is 79.9. The van der Waals surface area contributed by atoms with Gasteiger partial charge in [0.2, 0.25) is 0 Å². The number of hydrogen-bond acceptors (Lipinski definition) is 5. The van der Waals surface area contributed by atoms with Gasteiger partial charge in [0.05, 0.1) is 29.3 Å². The molecule has 9 heteroatoms. The summed E-state index contributed by atoms with van der Waals surface area (Å²) < 4.78 is 31.4. The quantitative estimate of drug-likeness (QED) is 0.340. The second-order valence-corrected chi connectivity index (χ2v) is 12.2. The molecule has 3 N–H and O–H groups in total. The lowest BCUT2D eigenvalue weighted by atomic mass is 9.62. The zero-order valence-corrected chi connectivity index (χ0v) is 23.4. The Bertz CT molecular complexity index is 1180. The summed E-state index contributed by atoms with van der Waals surface area (Å²) >= 11 is 9.24. The summed E-state index contributed by atoms with van der Waals surface area (Å²) in [6.07, 6.45) is 0.00395. The highest BCUT2D eigenvalue weighted by Crippen LogP contribution is 2.53. The van der Waals surface area contributed by atoms with E-state index in [1.807, 2.05) is 20.8 Å². The Kier molecular flexibility index (Phi) is 9.52. The van der Waals surface area contributed by atoms with Crippen LogP contribution in [0.25, 0.3) is 0 Å². The van der Waals surface area contributed by atoms with E-state index < -0.39 is 47.8 Å².